The first kappa shape index (κ1) is 35.5. The van der Waals surface area contributed by atoms with Crippen LogP contribution in [0, 0.1) is 0 Å². The van der Waals surface area contributed by atoms with Crippen LogP contribution in [0.1, 0.15) is 30.5 Å². The molecular weight excluding hydrogens is 650 g/mol. The Hall–Kier alpha value is -4.84. The van der Waals surface area contributed by atoms with Gasteiger partial charge in [-0.15, -0.1) is 0 Å². The summed E-state index contributed by atoms with van der Waals surface area (Å²) in [6.45, 7) is 4.99. The predicted octanol–water partition coefficient (Wildman–Crippen LogP) is 7.90. The zero-order chi connectivity index (χ0) is 33.5. The number of ether oxygens (including phenoxy) is 1. The van der Waals surface area contributed by atoms with Gasteiger partial charge in [-0.2, -0.15) is 0 Å². The van der Waals surface area contributed by atoms with Crippen molar-refractivity contribution < 1.29 is 37.1 Å². The first-order valence-corrected chi connectivity index (χ1v) is 16.3. The van der Waals surface area contributed by atoms with Gasteiger partial charge in [0.15, 0.2) is 0 Å². The molecule has 49 heavy (non-hydrogen) atoms. The van der Waals surface area contributed by atoms with Crippen molar-refractivity contribution >= 4 is 0 Å². The summed E-state index contributed by atoms with van der Waals surface area (Å²) in [5.74, 6) is -0.168. The molecule has 1 aliphatic heterocycles. The quantitative estimate of drug-likeness (QED) is 0.114. The van der Waals surface area contributed by atoms with E-state index in [1.54, 1.807) is 0 Å². The minimum atomic E-state index is -0.0560. The zero-order valence-electron chi connectivity index (χ0n) is 27.6. The van der Waals surface area contributed by atoms with E-state index in [0.29, 0.717) is 45.6 Å². The van der Waals surface area contributed by atoms with E-state index in [2.05, 4.69) is 13.8 Å². The van der Waals surface area contributed by atoms with Gasteiger partial charge in [0.2, 0.25) is 0 Å². The van der Waals surface area contributed by atoms with Crippen LogP contribution >= 0.6 is 0 Å². The van der Waals surface area contributed by atoms with Crippen molar-refractivity contribution in [3.63, 3.8) is 0 Å². The Labute approximate surface area is 299 Å². The second kappa shape index (κ2) is 16.5. The molecule has 246 valence electrons. The number of hydrogen-bond donors (Lipinski definition) is 0. The van der Waals surface area contributed by atoms with E-state index < -0.39 is 0 Å². The van der Waals surface area contributed by atoms with Gasteiger partial charge >= 0.3 is 17.1 Å². The second-order valence-electron chi connectivity index (χ2n) is 12.2. The molecule has 0 bridgehead atoms. The fraction of sp³-hybridized carbons (Fsp3) is 0.163. The van der Waals surface area contributed by atoms with Crippen LogP contribution in [0.4, 0.5) is 0 Å². The van der Waals surface area contributed by atoms with E-state index in [1.165, 1.54) is 0 Å². The van der Waals surface area contributed by atoms with Gasteiger partial charge in [-0.05, 0) is 63.9 Å². The molecule has 0 amide bonds. The molecule has 5 nitrogen and oxygen atoms in total. The van der Waals surface area contributed by atoms with Crippen LogP contribution in [0.3, 0.4) is 0 Å². The molecule has 0 N–H and O–H groups in total. The second-order valence-corrected chi connectivity index (χ2v) is 12.2. The van der Waals surface area contributed by atoms with Crippen LogP contribution in [0.15, 0.2) is 146 Å². The minimum Gasteiger partial charge on any atom is -0.872 e. The number of para-hydroxylation sites is 3. The molecule has 1 fully saturated rings. The van der Waals surface area contributed by atoms with Crippen LogP contribution in [0.25, 0.3) is 33.4 Å². The molecule has 7 rings (SSSR count). The third kappa shape index (κ3) is 8.80. The van der Waals surface area contributed by atoms with Crippen molar-refractivity contribution in [3.05, 3.63) is 162 Å². The molecule has 6 heteroatoms. The van der Waals surface area contributed by atoms with E-state index in [4.69, 9.17) is 4.74 Å². The van der Waals surface area contributed by atoms with Crippen molar-refractivity contribution in [3.8, 4) is 50.6 Å². The van der Waals surface area contributed by atoms with Crippen LogP contribution in [-0.2, 0) is 41.4 Å². The Morgan fingerprint density at radius 3 is 0.939 bits per heavy atom. The molecule has 0 saturated carbocycles. The Balaban J connectivity index is 0.000000717. The van der Waals surface area contributed by atoms with Gasteiger partial charge in [0.05, 0.1) is 12.2 Å². The van der Waals surface area contributed by atoms with Gasteiger partial charge in [-0.1, -0.05) is 163 Å². The number of epoxide rings is 1. The molecule has 1 saturated heterocycles. The summed E-state index contributed by atoms with van der Waals surface area (Å²) in [5, 5.41) is 41.0. The molecule has 6 aromatic carbocycles. The van der Waals surface area contributed by atoms with Gasteiger partial charge < -0.3 is 20.1 Å². The Bertz CT molecular complexity index is 1730. The van der Waals surface area contributed by atoms with Gasteiger partial charge in [0, 0.05) is 19.6 Å². The molecular formula is C43H38FeNO4+. The number of hydrogen-bond acceptors (Lipinski definition) is 5. The summed E-state index contributed by atoms with van der Waals surface area (Å²) in [6, 6.07) is 45.5. The van der Waals surface area contributed by atoms with E-state index in [9.17, 15) is 15.3 Å². The molecule has 0 aliphatic carbocycles. The third-order valence-electron chi connectivity index (χ3n) is 8.74. The van der Waals surface area contributed by atoms with Crippen molar-refractivity contribution in [2.75, 3.05) is 0 Å². The summed E-state index contributed by atoms with van der Waals surface area (Å²) in [5.41, 5.74) is 6.29. The van der Waals surface area contributed by atoms with Crippen LogP contribution in [0.5, 0.6) is 17.2 Å². The fourth-order valence-corrected chi connectivity index (χ4v) is 5.85. The average molecular weight is 689 g/mol. The van der Waals surface area contributed by atoms with Crippen molar-refractivity contribution in [1.82, 2.24) is 4.90 Å². The van der Waals surface area contributed by atoms with E-state index in [1.807, 2.05) is 150 Å². The molecule has 1 heterocycles. The number of rotatable bonds is 9. The minimum absolute atomic E-state index is 0. The van der Waals surface area contributed by atoms with E-state index >= 15 is 0 Å². The topological polar surface area (TPSA) is 85.0 Å². The molecule has 1 aliphatic rings. The maximum Gasteiger partial charge on any atom is 4.00 e. The summed E-state index contributed by atoms with van der Waals surface area (Å²) in [7, 11) is 0. The third-order valence-corrected chi connectivity index (χ3v) is 8.74. The number of benzene rings is 6. The standard InChI is InChI=1S/C39H33NO3.C4H8O.Fe/c41-37-31(19-10-22-34(37)28-13-4-1-5-14-28)25-40(26-32-20-11-23-35(38(32)42)29-15-6-2-7-16-29)27-33-21-12-24-36(39(33)43)30-17-8-3-9-18-30;1-3-4(2)5-3;/h1-24,41-43H,25-27H2;3-4H,1-2H3;/q;;+4/p-3/t;3-,4-;/m.1./s1. The SMILES string of the molecule is C[C@H]1O[C@@H]1C.[Fe+4].[O-]c1c(CN(Cc2cccc(-c3ccccc3)c2[O-])Cc2cccc(-c3ccccc3)c2[O-])cccc1-c1ccccc1. The van der Waals surface area contributed by atoms with Gasteiger partial charge in [0.25, 0.3) is 0 Å². The first-order valence-electron chi connectivity index (χ1n) is 16.3. The Morgan fingerprint density at radius 1 is 0.429 bits per heavy atom. The Morgan fingerprint density at radius 2 is 0.694 bits per heavy atom. The molecule has 2 atom stereocenters. The van der Waals surface area contributed by atoms with E-state index in [-0.39, 0.29) is 54.0 Å². The smallest absolute Gasteiger partial charge is 0.872 e. The maximum atomic E-state index is 13.7. The van der Waals surface area contributed by atoms with Crippen LogP contribution in [-0.4, -0.2) is 17.1 Å². The molecule has 0 radical (unpaired) electrons. The van der Waals surface area contributed by atoms with E-state index in [0.717, 1.165) is 16.7 Å². The fourth-order valence-electron chi connectivity index (χ4n) is 5.85. The van der Waals surface area contributed by atoms with Gasteiger partial charge in [0.1, 0.15) is 0 Å². The summed E-state index contributed by atoms with van der Waals surface area (Å²) in [4.78, 5) is 2.02. The normalized spacial score (nSPS) is 14.8. The van der Waals surface area contributed by atoms with Crippen molar-refractivity contribution in [2.45, 2.75) is 45.7 Å². The molecule has 0 spiro atoms. The summed E-state index contributed by atoms with van der Waals surface area (Å²) >= 11 is 0. The number of nitrogens with zero attached hydrogens (tertiary/aromatic N) is 1. The predicted molar refractivity (Wildman–Crippen MR) is 187 cm³/mol. The monoisotopic (exact) mass is 688 g/mol. The largest absolute Gasteiger partial charge is 4.00 e. The zero-order valence-corrected chi connectivity index (χ0v) is 28.7. The first-order chi connectivity index (χ1) is 23.4. The molecule has 0 aromatic heterocycles. The molecule has 0 unspecified atom stereocenters. The summed E-state index contributed by atoms with van der Waals surface area (Å²) < 4.78 is 4.92. The van der Waals surface area contributed by atoms with Crippen molar-refractivity contribution in [2.24, 2.45) is 0 Å². The van der Waals surface area contributed by atoms with Gasteiger partial charge in [-0.25, -0.2) is 0 Å². The summed E-state index contributed by atoms with van der Waals surface area (Å²) in [6.07, 6.45) is 1.10. The van der Waals surface area contributed by atoms with Crippen LogP contribution < -0.4 is 15.3 Å². The maximum absolute atomic E-state index is 13.7. The van der Waals surface area contributed by atoms with Crippen molar-refractivity contribution in [1.29, 1.82) is 0 Å². The van der Waals surface area contributed by atoms with Crippen LogP contribution in [0.2, 0.25) is 0 Å². The molecule has 6 aromatic rings. The average Bonchev–Trinajstić information content (AvgIpc) is 3.79. The van der Waals surface area contributed by atoms with Gasteiger partial charge in [-0.3, -0.25) is 4.90 Å². The Kier molecular flexibility index (Phi) is 12.0.